The third-order valence-electron chi connectivity index (χ3n) is 2.40. The maximum absolute atomic E-state index is 11.4. The molecule has 15 heavy (non-hydrogen) atoms. The van der Waals surface area contributed by atoms with Crippen molar-refractivity contribution in [1.29, 1.82) is 0 Å². The number of carbonyl (C=O) groups excluding carboxylic acids is 1. The number of benzene rings is 1. The highest BCUT2D eigenvalue weighted by Gasteiger charge is 2.16. The molecule has 1 aliphatic heterocycles. The van der Waals surface area contributed by atoms with Crippen LogP contribution in [0.2, 0.25) is 0 Å². The molecule has 0 radical (unpaired) electrons. The second-order valence-electron chi connectivity index (χ2n) is 3.65. The van der Waals surface area contributed by atoms with E-state index in [9.17, 15) is 4.79 Å². The van der Waals surface area contributed by atoms with Gasteiger partial charge in [-0.3, -0.25) is 4.79 Å². The van der Waals surface area contributed by atoms with Gasteiger partial charge in [0.25, 0.3) is 0 Å². The van der Waals surface area contributed by atoms with E-state index >= 15 is 0 Å². The fourth-order valence-corrected chi connectivity index (χ4v) is 1.57. The molecule has 2 rings (SSSR count). The first kappa shape index (κ1) is 9.98. The van der Waals surface area contributed by atoms with Crippen molar-refractivity contribution in [3.05, 3.63) is 23.8 Å². The highest BCUT2D eigenvalue weighted by atomic mass is 16.5. The predicted molar refractivity (Wildman–Crippen MR) is 58.4 cm³/mol. The molecular formula is C11H14N2O2. The number of hydrogen-bond acceptors (Lipinski definition) is 4. The van der Waals surface area contributed by atoms with Gasteiger partial charge >= 0.3 is 0 Å². The van der Waals surface area contributed by atoms with Crippen LogP contribution in [0.25, 0.3) is 0 Å². The molecule has 4 heteroatoms. The molecule has 0 bridgehead atoms. The van der Waals surface area contributed by atoms with Gasteiger partial charge in [-0.05, 0) is 25.1 Å². The quantitative estimate of drug-likeness (QED) is 0.709. The highest BCUT2D eigenvalue weighted by Crippen LogP contribution is 2.29. The zero-order valence-corrected chi connectivity index (χ0v) is 8.62. The number of ether oxygens (including phenoxy) is 1. The van der Waals surface area contributed by atoms with Crippen LogP contribution in [0.5, 0.6) is 5.75 Å². The summed E-state index contributed by atoms with van der Waals surface area (Å²) < 4.78 is 5.60. The lowest BCUT2D eigenvalue weighted by atomic mass is 10.1. The van der Waals surface area contributed by atoms with Crippen molar-refractivity contribution in [2.75, 3.05) is 18.4 Å². The van der Waals surface area contributed by atoms with Crippen LogP contribution in [0.3, 0.4) is 0 Å². The van der Waals surface area contributed by atoms with E-state index in [0.29, 0.717) is 5.56 Å². The van der Waals surface area contributed by atoms with E-state index in [0.717, 1.165) is 18.0 Å². The first-order valence-corrected chi connectivity index (χ1v) is 4.98. The van der Waals surface area contributed by atoms with Gasteiger partial charge in [-0.2, -0.15) is 0 Å². The Morgan fingerprint density at radius 2 is 2.47 bits per heavy atom. The predicted octanol–water partition coefficient (Wildman–Crippen LogP) is 1.02. The molecule has 0 aliphatic carbocycles. The number of fused-ring (bicyclic) bond motifs is 1. The number of carbonyl (C=O) groups is 1. The smallest absolute Gasteiger partial charge is 0.176 e. The number of Topliss-reactive ketones (excluding diaryl/α,β-unsaturated/α-hetero) is 1. The van der Waals surface area contributed by atoms with Gasteiger partial charge in [-0.15, -0.1) is 0 Å². The van der Waals surface area contributed by atoms with Crippen molar-refractivity contribution in [2.45, 2.75) is 13.0 Å². The Balaban J connectivity index is 2.30. The highest BCUT2D eigenvalue weighted by molar-refractivity contribution is 5.98. The molecule has 0 aromatic heterocycles. The van der Waals surface area contributed by atoms with Crippen LogP contribution < -0.4 is 15.8 Å². The van der Waals surface area contributed by atoms with Crippen LogP contribution in [0.1, 0.15) is 17.3 Å². The molecule has 4 nitrogen and oxygen atoms in total. The van der Waals surface area contributed by atoms with Crippen LogP contribution in [-0.4, -0.2) is 25.0 Å². The Kier molecular flexibility index (Phi) is 2.60. The number of ketones is 1. The van der Waals surface area contributed by atoms with Gasteiger partial charge < -0.3 is 15.8 Å². The molecule has 1 aromatic carbocycles. The van der Waals surface area contributed by atoms with Gasteiger partial charge in [0.2, 0.25) is 0 Å². The van der Waals surface area contributed by atoms with Crippen LogP contribution >= 0.6 is 0 Å². The zero-order chi connectivity index (χ0) is 10.8. The molecular weight excluding hydrogens is 192 g/mol. The van der Waals surface area contributed by atoms with E-state index in [1.165, 1.54) is 0 Å². The number of nitrogens with one attached hydrogen (secondary N) is 1. The lowest BCUT2D eigenvalue weighted by Gasteiger charge is -2.25. The lowest BCUT2D eigenvalue weighted by molar-refractivity contribution is 0.100. The molecule has 0 saturated carbocycles. The summed E-state index contributed by atoms with van der Waals surface area (Å²) in [6, 6.07) is 5.34. The van der Waals surface area contributed by atoms with Gasteiger partial charge in [0, 0.05) is 5.56 Å². The van der Waals surface area contributed by atoms with E-state index in [-0.39, 0.29) is 18.4 Å². The summed E-state index contributed by atoms with van der Waals surface area (Å²) in [6.45, 7) is 2.79. The molecule has 1 aliphatic rings. The van der Waals surface area contributed by atoms with Crippen molar-refractivity contribution in [1.82, 2.24) is 0 Å². The van der Waals surface area contributed by atoms with Crippen molar-refractivity contribution >= 4 is 11.5 Å². The first-order valence-electron chi connectivity index (χ1n) is 4.98. The van der Waals surface area contributed by atoms with Crippen LogP contribution in [-0.2, 0) is 0 Å². The van der Waals surface area contributed by atoms with E-state index in [2.05, 4.69) is 5.32 Å². The van der Waals surface area contributed by atoms with E-state index < -0.39 is 0 Å². The summed E-state index contributed by atoms with van der Waals surface area (Å²) in [7, 11) is 0. The largest absolute Gasteiger partial charge is 0.487 e. The fraction of sp³-hybridized carbons (Fsp3) is 0.364. The molecule has 3 N–H and O–H groups in total. The Hall–Kier alpha value is -1.55. The molecule has 80 valence electrons. The van der Waals surface area contributed by atoms with E-state index in [4.69, 9.17) is 10.5 Å². The second-order valence-corrected chi connectivity index (χ2v) is 3.65. The van der Waals surface area contributed by atoms with Crippen LogP contribution in [0.4, 0.5) is 5.69 Å². The summed E-state index contributed by atoms with van der Waals surface area (Å²) in [5.74, 6) is 0.737. The molecule has 1 atom stereocenters. The lowest BCUT2D eigenvalue weighted by Crippen LogP contribution is -2.28. The zero-order valence-electron chi connectivity index (χ0n) is 8.62. The summed E-state index contributed by atoms with van der Waals surface area (Å²) >= 11 is 0. The molecule has 1 unspecified atom stereocenters. The van der Waals surface area contributed by atoms with Gasteiger partial charge in [-0.25, -0.2) is 0 Å². The summed E-state index contributed by atoms with van der Waals surface area (Å²) in [6.07, 6.45) is 0.161. The summed E-state index contributed by atoms with van der Waals surface area (Å²) in [5.41, 5.74) is 6.80. The maximum atomic E-state index is 11.4. The van der Waals surface area contributed by atoms with Gasteiger partial charge in [-0.1, -0.05) is 0 Å². The number of anilines is 1. The van der Waals surface area contributed by atoms with E-state index in [1.807, 2.05) is 6.92 Å². The van der Waals surface area contributed by atoms with Gasteiger partial charge in [0.15, 0.2) is 5.78 Å². The van der Waals surface area contributed by atoms with Crippen LogP contribution in [0, 0.1) is 0 Å². The summed E-state index contributed by atoms with van der Waals surface area (Å²) in [5, 5.41) is 3.21. The SMILES string of the molecule is CC1CNc2cc(C(=O)CN)ccc2O1. The molecule has 0 spiro atoms. The number of nitrogens with two attached hydrogens (primary N) is 1. The average molecular weight is 206 g/mol. The molecule has 0 amide bonds. The molecule has 1 aromatic rings. The van der Waals surface area contributed by atoms with Gasteiger partial charge in [0.1, 0.15) is 11.9 Å². The first-order chi connectivity index (χ1) is 7.20. The number of hydrogen-bond donors (Lipinski definition) is 2. The van der Waals surface area contributed by atoms with Crippen LogP contribution in [0.15, 0.2) is 18.2 Å². The molecule has 0 fully saturated rings. The second kappa shape index (κ2) is 3.90. The van der Waals surface area contributed by atoms with Crippen molar-refractivity contribution in [2.24, 2.45) is 5.73 Å². The topological polar surface area (TPSA) is 64.4 Å². The van der Waals surface area contributed by atoms with E-state index in [1.54, 1.807) is 18.2 Å². The normalized spacial score (nSPS) is 18.7. The molecule has 0 saturated heterocycles. The molecule has 1 heterocycles. The minimum Gasteiger partial charge on any atom is -0.487 e. The third-order valence-corrected chi connectivity index (χ3v) is 2.40. The van der Waals surface area contributed by atoms with Crippen molar-refractivity contribution in [3.63, 3.8) is 0 Å². The Morgan fingerprint density at radius 1 is 1.67 bits per heavy atom. The summed E-state index contributed by atoms with van der Waals surface area (Å²) in [4.78, 5) is 11.4. The monoisotopic (exact) mass is 206 g/mol. The van der Waals surface area contributed by atoms with Crippen molar-refractivity contribution in [3.8, 4) is 5.75 Å². The Bertz CT molecular complexity index is 390. The standard InChI is InChI=1S/C11H14N2O2/c1-7-6-13-9-4-8(10(14)5-12)2-3-11(9)15-7/h2-4,7,13H,5-6,12H2,1H3. The Labute approximate surface area is 88.4 Å². The maximum Gasteiger partial charge on any atom is 0.176 e. The fourth-order valence-electron chi connectivity index (χ4n) is 1.57. The number of rotatable bonds is 2. The van der Waals surface area contributed by atoms with Gasteiger partial charge in [0.05, 0.1) is 18.8 Å². The minimum atomic E-state index is -0.0572. The average Bonchev–Trinajstić information content (AvgIpc) is 2.27. The third kappa shape index (κ3) is 1.94. The Morgan fingerprint density at radius 3 is 3.20 bits per heavy atom. The minimum absolute atomic E-state index is 0.0377. The van der Waals surface area contributed by atoms with Crippen molar-refractivity contribution < 1.29 is 9.53 Å².